The minimum absolute atomic E-state index is 0.00589. The zero-order valence-electron chi connectivity index (χ0n) is 23.6. The molecule has 0 radical (unpaired) electrons. The molecule has 1 N–H and O–H groups in total. The van der Waals surface area contributed by atoms with Gasteiger partial charge in [-0.25, -0.2) is 0 Å². The maximum Gasteiger partial charge on any atom is 0.246 e. The summed E-state index contributed by atoms with van der Waals surface area (Å²) in [6.45, 7) is 8.35. The predicted molar refractivity (Wildman–Crippen MR) is 155 cm³/mol. The number of nitrogens with one attached hydrogen (secondary N) is 1. The standard InChI is InChI=1S/C32H42N4O3/c1-4-6-17-34(18-7-5-2)19-12-20-35-22-29(37)36-27(32(35)38)21-25-23-13-8-10-15-26(23)33-30(25)31(36)24-14-9-11-16-28(24)39-3/h8-11,13-16,27,31,33H,4-7,12,17-22H2,1-3H3/t27-,31?/m0/s1. The van der Waals surface area contributed by atoms with E-state index in [1.54, 1.807) is 12.0 Å². The van der Waals surface area contributed by atoms with E-state index in [1.165, 1.54) is 25.7 Å². The van der Waals surface area contributed by atoms with Crippen LogP contribution in [0.25, 0.3) is 10.9 Å². The lowest BCUT2D eigenvalue weighted by Crippen LogP contribution is -2.63. The zero-order chi connectivity index (χ0) is 27.4. The van der Waals surface area contributed by atoms with Gasteiger partial charge in [0.2, 0.25) is 11.8 Å². The van der Waals surface area contributed by atoms with Crippen molar-refractivity contribution in [2.45, 2.75) is 64.5 Å². The summed E-state index contributed by atoms with van der Waals surface area (Å²) < 4.78 is 5.73. The maximum atomic E-state index is 14.0. The first-order valence-corrected chi connectivity index (χ1v) is 14.6. The Hall–Kier alpha value is -3.32. The molecule has 1 aromatic heterocycles. The number of aromatic amines is 1. The largest absolute Gasteiger partial charge is 0.496 e. The van der Waals surface area contributed by atoms with Crippen molar-refractivity contribution in [2.75, 3.05) is 39.8 Å². The number of rotatable bonds is 12. The number of H-pyrrole nitrogens is 1. The number of fused-ring (bicyclic) bond motifs is 4. The number of benzene rings is 2. The van der Waals surface area contributed by atoms with Gasteiger partial charge in [-0.2, -0.15) is 0 Å². The second kappa shape index (κ2) is 12.2. The van der Waals surface area contributed by atoms with E-state index in [0.717, 1.165) is 59.5 Å². The van der Waals surface area contributed by atoms with Crippen LogP contribution in [-0.2, 0) is 16.0 Å². The van der Waals surface area contributed by atoms with Crippen LogP contribution in [0.15, 0.2) is 48.5 Å². The molecule has 0 saturated carbocycles. The number of hydrogen-bond donors (Lipinski definition) is 1. The van der Waals surface area contributed by atoms with Crippen LogP contribution in [0, 0.1) is 0 Å². The number of hydrogen-bond acceptors (Lipinski definition) is 4. The van der Waals surface area contributed by atoms with E-state index in [1.807, 2.05) is 41.3 Å². The number of nitrogens with zero attached hydrogens (tertiary/aromatic N) is 3. The first-order chi connectivity index (χ1) is 19.1. The first kappa shape index (κ1) is 27.3. The van der Waals surface area contributed by atoms with Gasteiger partial charge < -0.3 is 24.4 Å². The molecule has 1 saturated heterocycles. The monoisotopic (exact) mass is 530 g/mol. The molecule has 0 bridgehead atoms. The van der Waals surface area contributed by atoms with E-state index in [9.17, 15) is 9.59 Å². The maximum absolute atomic E-state index is 14.0. The average Bonchev–Trinajstić information content (AvgIpc) is 3.34. The highest BCUT2D eigenvalue weighted by Gasteiger charge is 2.48. The van der Waals surface area contributed by atoms with Gasteiger partial charge in [-0.3, -0.25) is 9.59 Å². The molecule has 3 heterocycles. The molecule has 39 heavy (non-hydrogen) atoms. The van der Waals surface area contributed by atoms with Crippen molar-refractivity contribution in [1.29, 1.82) is 0 Å². The number of para-hydroxylation sites is 2. The van der Waals surface area contributed by atoms with Gasteiger partial charge in [0.15, 0.2) is 0 Å². The molecular formula is C32H42N4O3. The summed E-state index contributed by atoms with van der Waals surface area (Å²) in [5.41, 5.74) is 4.03. The Labute approximate surface area is 232 Å². The van der Waals surface area contributed by atoms with Gasteiger partial charge >= 0.3 is 0 Å². The highest BCUT2D eigenvalue weighted by atomic mass is 16.5. The van der Waals surface area contributed by atoms with Gasteiger partial charge in [0.1, 0.15) is 17.8 Å². The molecule has 5 rings (SSSR count). The van der Waals surface area contributed by atoms with Crippen LogP contribution >= 0.6 is 0 Å². The number of piperazine rings is 1. The van der Waals surface area contributed by atoms with Crippen LogP contribution in [0.1, 0.15) is 68.8 Å². The number of aromatic nitrogens is 1. The van der Waals surface area contributed by atoms with Crippen LogP contribution in [0.3, 0.4) is 0 Å². The molecule has 1 fully saturated rings. The Morgan fingerprint density at radius 2 is 1.64 bits per heavy atom. The van der Waals surface area contributed by atoms with Crippen LogP contribution in [0.4, 0.5) is 0 Å². The SMILES string of the molecule is CCCCN(CCCC)CCCN1CC(=O)N2C(c3ccccc3OC)c3[nH]c4ccccc4c3C[C@H]2C1=O. The number of methoxy groups -OCH3 is 1. The van der Waals surface area contributed by atoms with Crippen molar-refractivity contribution in [3.05, 3.63) is 65.4 Å². The molecule has 0 aliphatic carbocycles. The van der Waals surface area contributed by atoms with Crippen LogP contribution in [-0.4, -0.2) is 77.4 Å². The third-order valence-electron chi connectivity index (χ3n) is 8.33. The minimum Gasteiger partial charge on any atom is -0.496 e. The topological polar surface area (TPSA) is 68.9 Å². The summed E-state index contributed by atoms with van der Waals surface area (Å²) in [6, 6.07) is 15.1. The molecule has 0 spiro atoms. The third-order valence-corrected chi connectivity index (χ3v) is 8.33. The number of carbonyl (C=O) groups excluding carboxylic acids is 2. The fourth-order valence-corrected chi connectivity index (χ4v) is 6.31. The summed E-state index contributed by atoms with van der Waals surface area (Å²) in [6.07, 6.45) is 6.15. The van der Waals surface area contributed by atoms with Gasteiger partial charge in [0.25, 0.3) is 0 Å². The molecule has 208 valence electrons. The minimum atomic E-state index is -0.524. The van der Waals surface area contributed by atoms with Crippen molar-refractivity contribution in [2.24, 2.45) is 0 Å². The van der Waals surface area contributed by atoms with Gasteiger partial charge in [-0.15, -0.1) is 0 Å². The fourth-order valence-electron chi connectivity index (χ4n) is 6.31. The lowest BCUT2D eigenvalue weighted by atomic mass is 9.86. The summed E-state index contributed by atoms with van der Waals surface area (Å²) in [4.78, 5) is 37.6. The lowest BCUT2D eigenvalue weighted by Gasteiger charge is -2.47. The van der Waals surface area contributed by atoms with Crippen LogP contribution in [0.5, 0.6) is 5.75 Å². The van der Waals surface area contributed by atoms with Crippen molar-refractivity contribution in [1.82, 2.24) is 19.7 Å². The van der Waals surface area contributed by atoms with Crippen molar-refractivity contribution < 1.29 is 14.3 Å². The molecule has 1 unspecified atom stereocenters. The number of carbonyl (C=O) groups is 2. The molecule has 2 aliphatic heterocycles. The van der Waals surface area contributed by atoms with E-state index in [2.05, 4.69) is 35.9 Å². The smallest absolute Gasteiger partial charge is 0.246 e. The number of ether oxygens (including phenoxy) is 1. The Morgan fingerprint density at radius 1 is 0.949 bits per heavy atom. The van der Waals surface area contributed by atoms with E-state index in [0.29, 0.717) is 13.0 Å². The lowest BCUT2D eigenvalue weighted by molar-refractivity contribution is -0.158. The molecule has 2 aromatic carbocycles. The fraction of sp³-hybridized carbons (Fsp3) is 0.500. The molecule has 2 atom stereocenters. The van der Waals surface area contributed by atoms with Gasteiger partial charge in [0.05, 0.1) is 13.7 Å². The van der Waals surface area contributed by atoms with E-state index in [-0.39, 0.29) is 18.4 Å². The predicted octanol–water partition coefficient (Wildman–Crippen LogP) is 5.15. The summed E-state index contributed by atoms with van der Waals surface area (Å²) in [5, 5.41) is 1.12. The van der Waals surface area contributed by atoms with Crippen molar-refractivity contribution >= 4 is 22.7 Å². The number of amides is 2. The van der Waals surface area contributed by atoms with Crippen molar-refractivity contribution in [3.63, 3.8) is 0 Å². The molecule has 2 amide bonds. The molecule has 3 aromatic rings. The second-order valence-corrected chi connectivity index (χ2v) is 10.9. The van der Waals surface area contributed by atoms with Crippen LogP contribution in [0.2, 0.25) is 0 Å². The quantitative estimate of drug-likeness (QED) is 0.352. The van der Waals surface area contributed by atoms with E-state index < -0.39 is 12.1 Å². The van der Waals surface area contributed by atoms with Gasteiger partial charge in [-0.1, -0.05) is 63.1 Å². The highest BCUT2D eigenvalue weighted by Crippen LogP contribution is 2.44. The summed E-state index contributed by atoms with van der Waals surface area (Å²) in [7, 11) is 1.65. The van der Waals surface area contributed by atoms with Gasteiger partial charge in [0, 0.05) is 35.1 Å². The van der Waals surface area contributed by atoms with Crippen LogP contribution < -0.4 is 4.74 Å². The second-order valence-electron chi connectivity index (χ2n) is 10.9. The average molecular weight is 531 g/mol. The molecule has 2 aliphatic rings. The Kier molecular flexibility index (Phi) is 8.56. The first-order valence-electron chi connectivity index (χ1n) is 14.6. The highest BCUT2D eigenvalue weighted by molar-refractivity contribution is 5.97. The Morgan fingerprint density at radius 3 is 2.38 bits per heavy atom. The third kappa shape index (κ3) is 5.42. The number of unbranched alkanes of at least 4 members (excludes halogenated alkanes) is 2. The zero-order valence-corrected chi connectivity index (χ0v) is 23.6. The Bertz CT molecular complexity index is 1290. The summed E-state index contributed by atoms with van der Waals surface area (Å²) >= 11 is 0. The normalized spacial score (nSPS) is 19.1. The molecule has 7 nitrogen and oxygen atoms in total. The van der Waals surface area contributed by atoms with E-state index >= 15 is 0 Å². The summed E-state index contributed by atoms with van der Waals surface area (Å²) in [5.74, 6) is 0.766. The van der Waals surface area contributed by atoms with E-state index in [4.69, 9.17) is 4.74 Å². The molecule has 7 heteroatoms. The Balaban J connectivity index is 1.42. The molecular weight excluding hydrogens is 488 g/mol. The van der Waals surface area contributed by atoms with Crippen molar-refractivity contribution in [3.8, 4) is 5.75 Å². The van der Waals surface area contributed by atoms with Gasteiger partial charge in [-0.05, 0) is 56.6 Å².